The Morgan fingerprint density at radius 2 is 2.41 bits per heavy atom. The summed E-state index contributed by atoms with van der Waals surface area (Å²) in [7, 11) is 1.75. The molecule has 0 spiro atoms. The second-order valence-corrected chi connectivity index (χ2v) is 4.21. The highest BCUT2D eigenvalue weighted by atomic mass is 16.2. The van der Waals surface area contributed by atoms with E-state index in [1.54, 1.807) is 30.1 Å². The molecule has 1 aliphatic rings. The number of carbonyl (C=O) groups is 1. The number of amides is 1. The zero-order valence-corrected chi connectivity index (χ0v) is 9.81. The minimum absolute atomic E-state index is 0.0672. The lowest BCUT2D eigenvalue weighted by Gasteiger charge is -2.21. The first-order chi connectivity index (χ1) is 8.22. The van der Waals surface area contributed by atoms with Crippen LogP contribution in [0.15, 0.2) is 24.3 Å². The summed E-state index contributed by atoms with van der Waals surface area (Å²) >= 11 is 0. The minimum atomic E-state index is -0.0780. The average Bonchev–Trinajstić information content (AvgIpc) is 2.91. The Hall–Kier alpha value is -1.86. The number of hydrogen-bond acceptors (Lipinski definition) is 3. The van der Waals surface area contributed by atoms with Crippen LogP contribution in [0.1, 0.15) is 18.4 Å². The number of nitrogens with zero attached hydrogens (tertiary/aromatic N) is 2. The number of carbonyl (C=O) groups excluding carboxylic acids is 1. The summed E-state index contributed by atoms with van der Waals surface area (Å²) in [6.45, 7) is 0.905. The maximum atomic E-state index is 12.1. The van der Waals surface area contributed by atoms with E-state index in [1.165, 1.54) is 0 Å². The van der Waals surface area contributed by atoms with Crippen LogP contribution in [0.2, 0.25) is 0 Å². The second-order valence-electron chi connectivity index (χ2n) is 4.21. The zero-order chi connectivity index (χ0) is 12.3. The van der Waals surface area contributed by atoms with E-state index in [1.807, 2.05) is 6.07 Å². The quantitative estimate of drug-likeness (QED) is 0.831. The molecular formula is C13H15N3O. The Morgan fingerprint density at radius 3 is 3.06 bits per heavy atom. The summed E-state index contributed by atoms with van der Waals surface area (Å²) in [6, 6.07) is 9.09. The molecule has 1 heterocycles. The van der Waals surface area contributed by atoms with E-state index in [0.717, 1.165) is 25.1 Å². The molecule has 4 nitrogen and oxygen atoms in total. The first kappa shape index (κ1) is 11.6. The van der Waals surface area contributed by atoms with E-state index in [9.17, 15) is 4.79 Å². The Morgan fingerprint density at radius 1 is 1.59 bits per heavy atom. The third kappa shape index (κ3) is 2.45. The molecule has 0 aliphatic carbocycles. The van der Waals surface area contributed by atoms with E-state index in [0.29, 0.717) is 5.56 Å². The maximum Gasteiger partial charge on any atom is 0.243 e. The van der Waals surface area contributed by atoms with Gasteiger partial charge in [0.25, 0.3) is 0 Å². The van der Waals surface area contributed by atoms with Gasteiger partial charge in [0.05, 0.1) is 17.7 Å². The van der Waals surface area contributed by atoms with Gasteiger partial charge in [-0.05, 0) is 37.6 Å². The molecule has 1 atom stereocenters. The predicted molar refractivity (Wildman–Crippen MR) is 65.6 cm³/mol. The Kier molecular flexibility index (Phi) is 3.40. The molecular weight excluding hydrogens is 214 g/mol. The summed E-state index contributed by atoms with van der Waals surface area (Å²) in [5.41, 5.74) is 1.34. The van der Waals surface area contributed by atoms with Gasteiger partial charge in [-0.15, -0.1) is 0 Å². The van der Waals surface area contributed by atoms with Crippen LogP contribution in [0, 0.1) is 11.3 Å². The smallest absolute Gasteiger partial charge is 0.243 e. The SMILES string of the molecule is CN(C(=O)C1CCCN1)c1cccc(C#N)c1. The normalized spacial score (nSPS) is 18.7. The lowest BCUT2D eigenvalue weighted by molar-refractivity contribution is -0.119. The van der Waals surface area contributed by atoms with Crippen molar-refractivity contribution >= 4 is 11.6 Å². The number of hydrogen-bond donors (Lipinski definition) is 1. The lowest BCUT2D eigenvalue weighted by atomic mass is 10.1. The van der Waals surface area contributed by atoms with Gasteiger partial charge < -0.3 is 10.2 Å². The van der Waals surface area contributed by atoms with E-state index < -0.39 is 0 Å². The van der Waals surface area contributed by atoms with Crippen LogP contribution < -0.4 is 10.2 Å². The van der Waals surface area contributed by atoms with E-state index in [4.69, 9.17) is 5.26 Å². The van der Waals surface area contributed by atoms with Gasteiger partial charge in [0.15, 0.2) is 0 Å². The molecule has 17 heavy (non-hydrogen) atoms. The lowest BCUT2D eigenvalue weighted by Crippen LogP contribution is -2.41. The molecule has 2 rings (SSSR count). The third-order valence-corrected chi connectivity index (χ3v) is 3.05. The summed E-state index contributed by atoms with van der Waals surface area (Å²) in [6.07, 6.45) is 1.93. The second kappa shape index (κ2) is 4.98. The number of nitrogens with one attached hydrogen (secondary N) is 1. The molecule has 0 aromatic heterocycles. The fraction of sp³-hybridized carbons (Fsp3) is 0.385. The van der Waals surface area contributed by atoms with Crippen molar-refractivity contribution in [2.75, 3.05) is 18.5 Å². The molecule has 1 aliphatic heterocycles. The van der Waals surface area contributed by atoms with Crippen molar-refractivity contribution in [1.82, 2.24) is 5.32 Å². The van der Waals surface area contributed by atoms with Crippen molar-refractivity contribution in [3.63, 3.8) is 0 Å². The molecule has 1 saturated heterocycles. The molecule has 1 N–H and O–H groups in total. The zero-order valence-electron chi connectivity index (χ0n) is 9.81. The molecule has 0 bridgehead atoms. The van der Waals surface area contributed by atoms with E-state index in [2.05, 4.69) is 11.4 Å². The standard InChI is InChI=1S/C13H15N3O/c1-16(13(17)12-6-3-7-15-12)11-5-2-4-10(8-11)9-14/h2,4-5,8,12,15H,3,6-7H2,1H3. The summed E-state index contributed by atoms with van der Waals surface area (Å²) < 4.78 is 0. The number of nitriles is 1. The van der Waals surface area contributed by atoms with Crippen molar-refractivity contribution in [3.8, 4) is 6.07 Å². The number of rotatable bonds is 2. The van der Waals surface area contributed by atoms with Gasteiger partial charge in [0.1, 0.15) is 0 Å². The van der Waals surface area contributed by atoms with Crippen molar-refractivity contribution in [1.29, 1.82) is 5.26 Å². The first-order valence-corrected chi connectivity index (χ1v) is 5.73. The molecule has 0 radical (unpaired) electrons. The molecule has 88 valence electrons. The minimum Gasteiger partial charge on any atom is -0.314 e. The average molecular weight is 229 g/mol. The van der Waals surface area contributed by atoms with Crippen LogP contribution in [-0.2, 0) is 4.79 Å². The highest BCUT2D eigenvalue weighted by Crippen LogP contribution is 2.17. The Labute approximate surface area is 101 Å². The predicted octanol–water partition coefficient (Wildman–Crippen LogP) is 1.27. The molecule has 0 saturated carbocycles. The maximum absolute atomic E-state index is 12.1. The van der Waals surface area contributed by atoms with Gasteiger partial charge in [-0.1, -0.05) is 6.07 Å². The monoisotopic (exact) mass is 229 g/mol. The largest absolute Gasteiger partial charge is 0.314 e. The third-order valence-electron chi connectivity index (χ3n) is 3.05. The van der Waals surface area contributed by atoms with Gasteiger partial charge in [-0.25, -0.2) is 0 Å². The molecule has 1 amide bonds. The van der Waals surface area contributed by atoms with Gasteiger partial charge in [0.2, 0.25) is 5.91 Å². The highest BCUT2D eigenvalue weighted by Gasteiger charge is 2.25. The fourth-order valence-corrected chi connectivity index (χ4v) is 2.04. The van der Waals surface area contributed by atoms with Crippen LogP contribution in [0.4, 0.5) is 5.69 Å². The van der Waals surface area contributed by atoms with Crippen LogP contribution in [0.5, 0.6) is 0 Å². The van der Waals surface area contributed by atoms with Crippen LogP contribution in [0.3, 0.4) is 0 Å². The number of anilines is 1. The van der Waals surface area contributed by atoms with Crippen LogP contribution in [-0.4, -0.2) is 25.5 Å². The Bertz CT molecular complexity index is 458. The van der Waals surface area contributed by atoms with E-state index >= 15 is 0 Å². The van der Waals surface area contributed by atoms with E-state index in [-0.39, 0.29) is 11.9 Å². The first-order valence-electron chi connectivity index (χ1n) is 5.73. The van der Waals surface area contributed by atoms with Gasteiger partial charge >= 0.3 is 0 Å². The Balaban J connectivity index is 2.15. The van der Waals surface area contributed by atoms with Crippen LogP contribution >= 0.6 is 0 Å². The topological polar surface area (TPSA) is 56.1 Å². The molecule has 1 aromatic rings. The molecule has 4 heteroatoms. The molecule has 1 unspecified atom stereocenters. The van der Waals surface area contributed by atoms with Crippen LogP contribution in [0.25, 0.3) is 0 Å². The number of benzene rings is 1. The highest BCUT2D eigenvalue weighted by molar-refractivity contribution is 5.97. The van der Waals surface area contributed by atoms with Crippen molar-refractivity contribution in [2.45, 2.75) is 18.9 Å². The fourth-order valence-electron chi connectivity index (χ4n) is 2.04. The van der Waals surface area contributed by atoms with Crippen molar-refractivity contribution in [3.05, 3.63) is 29.8 Å². The van der Waals surface area contributed by atoms with Gasteiger partial charge in [-0.2, -0.15) is 5.26 Å². The van der Waals surface area contributed by atoms with Crippen molar-refractivity contribution in [2.24, 2.45) is 0 Å². The summed E-state index contributed by atoms with van der Waals surface area (Å²) in [5.74, 6) is 0.0672. The molecule has 1 fully saturated rings. The van der Waals surface area contributed by atoms with Crippen molar-refractivity contribution < 1.29 is 4.79 Å². The summed E-state index contributed by atoms with van der Waals surface area (Å²) in [4.78, 5) is 13.7. The summed E-state index contributed by atoms with van der Waals surface area (Å²) in [5, 5.41) is 12.0. The van der Waals surface area contributed by atoms with Gasteiger partial charge in [0, 0.05) is 12.7 Å². The van der Waals surface area contributed by atoms with Gasteiger partial charge in [-0.3, -0.25) is 4.79 Å². The number of likely N-dealkylation sites (N-methyl/N-ethyl adjacent to an activating group) is 1. The molecule has 1 aromatic carbocycles.